The molecule has 1 aromatic carbocycles. The van der Waals surface area contributed by atoms with Gasteiger partial charge in [0.2, 0.25) is 5.91 Å². The van der Waals surface area contributed by atoms with Crippen LogP contribution >= 0.6 is 0 Å². The highest BCUT2D eigenvalue weighted by atomic mass is 16.2. The van der Waals surface area contributed by atoms with Crippen LogP contribution in [0.15, 0.2) is 24.3 Å². The maximum atomic E-state index is 13.2. The molecule has 1 aromatic rings. The minimum atomic E-state index is -0.205. The zero-order valence-electron chi connectivity index (χ0n) is 14.1. The largest absolute Gasteiger partial charge is 0.340 e. The maximum absolute atomic E-state index is 13.2. The molecule has 4 rings (SSSR count). The molecular formula is C19H27N3O. The first-order chi connectivity index (χ1) is 11.2. The van der Waals surface area contributed by atoms with Crippen LogP contribution in [0.25, 0.3) is 0 Å². The molecule has 2 aliphatic heterocycles. The van der Waals surface area contributed by atoms with E-state index < -0.39 is 0 Å². The van der Waals surface area contributed by atoms with Crippen molar-refractivity contribution in [3.8, 4) is 0 Å². The summed E-state index contributed by atoms with van der Waals surface area (Å²) < 4.78 is 0. The van der Waals surface area contributed by atoms with E-state index in [1.807, 2.05) is 0 Å². The second-order valence-corrected chi connectivity index (χ2v) is 7.38. The van der Waals surface area contributed by atoms with Crippen LogP contribution in [-0.2, 0) is 10.2 Å². The van der Waals surface area contributed by atoms with Crippen molar-refractivity contribution in [1.82, 2.24) is 15.1 Å². The molecule has 0 spiro atoms. The molecule has 124 valence electrons. The molecule has 0 bridgehead atoms. The lowest BCUT2D eigenvalue weighted by molar-refractivity contribution is -0.133. The van der Waals surface area contributed by atoms with Gasteiger partial charge in [0.1, 0.15) is 0 Å². The number of rotatable bonds is 3. The van der Waals surface area contributed by atoms with Crippen molar-refractivity contribution < 1.29 is 4.79 Å². The molecular weight excluding hydrogens is 286 g/mol. The summed E-state index contributed by atoms with van der Waals surface area (Å²) in [7, 11) is 0. The minimum absolute atomic E-state index is 0.205. The quantitative estimate of drug-likeness (QED) is 0.919. The van der Waals surface area contributed by atoms with Crippen molar-refractivity contribution in [3.63, 3.8) is 0 Å². The van der Waals surface area contributed by atoms with E-state index in [1.165, 1.54) is 11.1 Å². The number of hydrogen-bond donors (Lipinski definition) is 1. The summed E-state index contributed by atoms with van der Waals surface area (Å²) in [5.41, 5.74) is 2.32. The summed E-state index contributed by atoms with van der Waals surface area (Å²) in [6, 6.07) is 8.99. The lowest BCUT2D eigenvalue weighted by Gasteiger charge is -2.33. The van der Waals surface area contributed by atoms with E-state index in [4.69, 9.17) is 0 Å². The number of carbonyl (C=O) groups is 1. The Kier molecular flexibility index (Phi) is 3.90. The Morgan fingerprint density at radius 1 is 1.17 bits per heavy atom. The Labute approximate surface area is 138 Å². The number of benzene rings is 1. The van der Waals surface area contributed by atoms with E-state index in [-0.39, 0.29) is 5.41 Å². The molecule has 2 saturated heterocycles. The number of nitrogens with one attached hydrogen (secondary N) is 1. The SMILES string of the molecule is Cc1ccccc1C1(C(=O)N2CCC(N3CCNCC3)C2)CC1. The maximum Gasteiger partial charge on any atom is 0.233 e. The summed E-state index contributed by atoms with van der Waals surface area (Å²) in [5.74, 6) is 0.379. The van der Waals surface area contributed by atoms with Crippen molar-refractivity contribution >= 4 is 5.91 Å². The first-order valence-corrected chi connectivity index (χ1v) is 9.01. The first-order valence-electron chi connectivity index (χ1n) is 9.01. The topological polar surface area (TPSA) is 35.6 Å². The molecule has 2 heterocycles. The summed E-state index contributed by atoms with van der Waals surface area (Å²) in [4.78, 5) is 17.9. The third-order valence-electron chi connectivity index (χ3n) is 5.94. The van der Waals surface area contributed by atoms with E-state index in [0.29, 0.717) is 11.9 Å². The van der Waals surface area contributed by atoms with Gasteiger partial charge < -0.3 is 10.2 Å². The summed E-state index contributed by atoms with van der Waals surface area (Å²) in [5, 5.41) is 3.41. The Hall–Kier alpha value is -1.39. The number of nitrogens with zero attached hydrogens (tertiary/aromatic N) is 2. The molecule has 1 aliphatic carbocycles. The van der Waals surface area contributed by atoms with E-state index >= 15 is 0 Å². The highest BCUT2D eigenvalue weighted by Crippen LogP contribution is 2.51. The van der Waals surface area contributed by atoms with Crippen molar-refractivity contribution in [2.24, 2.45) is 0 Å². The number of carbonyl (C=O) groups excluding carboxylic acids is 1. The molecule has 0 aromatic heterocycles. The predicted molar refractivity (Wildman–Crippen MR) is 91.5 cm³/mol. The van der Waals surface area contributed by atoms with Gasteiger partial charge in [0, 0.05) is 45.3 Å². The van der Waals surface area contributed by atoms with Gasteiger partial charge in [-0.15, -0.1) is 0 Å². The first kappa shape index (κ1) is 15.2. The lowest BCUT2D eigenvalue weighted by Crippen LogP contribution is -2.49. The molecule has 3 fully saturated rings. The van der Waals surface area contributed by atoms with Crippen LogP contribution < -0.4 is 5.32 Å². The van der Waals surface area contributed by atoms with Crippen LogP contribution in [-0.4, -0.2) is 61.0 Å². The number of piperazine rings is 1. The third-order valence-corrected chi connectivity index (χ3v) is 5.94. The smallest absolute Gasteiger partial charge is 0.233 e. The van der Waals surface area contributed by atoms with Crippen LogP contribution in [0, 0.1) is 6.92 Å². The molecule has 3 aliphatic rings. The van der Waals surface area contributed by atoms with Gasteiger partial charge in [-0.05, 0) is 37.3 Å². The standard InChI is InChI=1S/C19H27N3O/c1-15-4-2-3-5-17(15)19(7-8-19)18(23)22-11-6-16(14-22)21-12-9-20-10-13-21/h2-5,16,20H,6-14H2,1H3. The highest BCUT2D eigenvalue weighted by Gasteiger charge is 2.54. The van der Waals surface area contributed by atoms with Crippen LogP contribution in [0.5, 0.6) is 0 Å². The molecule has 0 radical (unpaired) electrons. The van der Waals surface area contributed by atoms with Gasteiger partial charge in [-0.3, -0.25) is 9.69 Å². The van der Waals surface area contributed by atoms with Gasteiger partial charge in [0.25, 0.3) is 0 Å². The zero-order valence-corrected chi connectivity index (χ0v) is 14.1. The number of hydrogen-bond acceptors (Lipinski definition) is 3. The number of amides is 1. The molecule has 4 nitrogen and oxygen atoms in total. The number of aryl methyl sites for hydroxylation is 1. The summed E-state index contributed by atoms with van der Waals surface area (Å²) in [6.45, 7) is 8.39. The van der Waals surface area contributed by atoms with E-state index in [1.54, 1.807) is 0 Å². The van der Waals surface area contributed by atoms with Gasteiger partial charge in [0.15, 0.2) is 0 Å². The molecule has 1 N–H and O–H groups in total. The Balaban J connectivity index is 1.47. The molecule has 1 saturated carbocycles. The fraction of sp³-hybridized carbons (Fsp3) is 0.632. The van der Waals surface area contributed by atoms with Crippen molar-refractivity contribution in [1.29, 1.82) is 0 Å². The van der Waals surface area contributed by atoms with Crippen LogP contribution in [0.2, 0.25) is 0 Å². The third kappa shape index (κ3) is 2.68. The summed E-state index contributed by atoms with van der Waals surface area (Å²) in [6.07, 6.45) is 3.17. The second kappa shape index (κ2) is 5.91. The molecule has 1 unspecified atom stereocenters. The monoisotopic (exact) mass is 313 g/mol. The predicted octanol–water partition coefficient (Wildman–Crippen LogP) is 1.53. The Bertz CT molecular complexity index is 590. The Morgan fingerprint density at radius 3 is 2.61 bits per heavy atom. The minimum Gasteiger partial charge on any atom is -0.340 e. The van der Waals surface area contributed by atoms with Gasteiger partial charge in [-0.1, -0.05) is 24.3 Å². The van der Waals surface area contributed by atoms with Gasteiger partial charge >= 0.3 is 0 Å². The van der Waals surface area contributed by atoms with Gasteiger partial charge in [0.05, 0.1) is 5.41 Å². The average Bonchev–Trinajstić information content (AvgIpc) is 3.24. The average molecular weight is 313 g/mol. The number of likely N-dealkylation sites (tertiary alicyclic amines) is 1. The summed E-state index contributed by atoms with van der Waals surface area (Å²) >= 11 is 0. The normalized spacial score (nSPS) is 27.2. The highest BCUT2D eigenvalue weighted by molar-refractivity contribution is 5.92. The second-order valence-electron chi connectivity index (χ2n) is 7.38. The zero-order chi connectivity index (χ0) is 15.9. The van der Waals surface area contributed by atoms with Crippen molar-refractivity contribution in [2.75, 3.05) is 39.3 Å². The van der Waals surface area contributed by atoms with Crippen molar-refractivity contribution in [3.05, 3.63) is 35.4 Å². The Morgan fingerprint density at radius 2 is 1.91 bits per heavy atom. The van der Waals surface area contributed by atoms with Crippen LogP contribution in [0.3, 0.4) is 0 Å². The van der Waals surface area contributed by atoms with Crippen LogP contribution in [0.1, 0.15) is 30.4 Å². The fourth-order valence-corrected chi connectivity index (χ4v) is 4.41. The van der Waals surface area contributed by atoms with E-state index in [2.05, 4.69) is 46.3 Å². The van der Waals surface area contributed by atoms with E-state index in [0.717, 1.165) is 58.5 Å². The molecule has 23 heavy (non-hydrogen) atoms. The van der Waals surface area contributed by atoms with Crippen LogP contribution in [0.4, 0.5) is 0 Å². The van der Waals surface area contributed by atoms with Crippen molar-refractivity contribution in [2.45, 2.75) is 37.6 Å². The lowest BCUT2D eigenvalue weighted by atomic mass is 9.90. The molecule has 4 heteroatoms. The molecule has 1 amide bonds. The molecule has 1 atom stereocenters. The van der Waals surface area contributed by atoms with E-state index in [9.17, 15) is 4.79 Å². The van der Waals surface area contributed by atoms with Gasteiger partial charge in [-0.2, -0.15) is 0 Å². The fourth-order valence-electron chi connectivity index (χ4n) is 4.41. The van der Waals surface area contributed by atoms with Gasteiger partial charge in [-0.25, -0.2) is 0 Å².